The maximum atomic E-state index is 12.4. The molecule has 1 unspecified atom stereocenters. The molecule has 1 atom stereocenters. The lowest BCUT2D eigenvalue weighted by molar-refractivity contribution is -0.131. The number of hydrogen-bond acceptors (Lipinski definition) is 3. The quantitative estimate of drug-likeness (QED) is 0.905. The zero-order valence-corrected chi connectivity index (χ0v) is 14.7. The third kappa shape index (κ3) is 4.56. The predicted octanol–water partition coefficient (Wildman–Crippen LogP) is 1.96. The molecular weight excluding hydrogens is 278 g/mol. The number of carbonyl (C=O) groups excluding carboxylic acids is 2. The Labute approximate surface area is 133 Å². The van der Waals surface area contributed by atoms with E-state index < -0.39 is 0 Å². The van der Waals surface area contributed by atoms with E-state index in [0.29, 0.717) is 0 Å². The van der Waals surface area contributed by atoms with Crippen LogP contribution in [0.5, 0.6) is 0 Å². The minimum Gasteiger partial charge on any atom is -0.348 e. The molecule has 0 saturated carbocycles. The molecule has 22 heavy (non-hydrogen) atoms. The minimum atomic E-state index is -0.385. The summed E-state index contributed by atoms with van der Waals surface area (Å²) in [5.41, 5.74) is 4.12. The zero-order valence-electron chi connectivity index (χ0n) is 14.7. The molecule has 0 aliphatic carbocycles. The third-order valence-electron chi connectivity index (χ3n) is 3.85. The van der Waals surface area contributed by atoms with Crippen LogP contribution in [0, 0.1) is 20.8 Å². The Morgan fingerprint density at radius 1 is 1.09 bits per heavy atom. The number of amides is 2. The molecule has 0 aromatic heterocycles. The van der Waals surface area contributed by atoms with Crippen LogP contribution in [0.25, 0.3) is 0 Å². The highest BCUT2D eigenvalue weighted by Crippen LogP contribution is 2.22. The van der Waals surface area contributed by atoms with Gasteiger partial charge in [-0.2, -0.15) is 0 Å². The summed E-state index contributed by atoms with van der Waals surface area (Å²) in [4.78, 5) is 27.4. The molecule has 0 bridgehead atoms. The van der Waals surface area contributed by atoms with Crippen molar-refractivity contribution in [2.24, 2.45) is 0 Å². The van der Waals surface area contributed by atoms with Crippen LogP contribution in [0.1, 0.15) is 23.6 Å². The number of benzene rings is 1. The van der Waals surface area contributed by atoms with Gasteiger partial charge in [0, 0.05) is 19.8 Å². The second-order valence-electron chi connectivity index (χ2n) is 6.14. The Hall–Kier alpha value is -1.88. The normalized spacial score (nSPS) is 12.2. The smallest absolute Gasteiger partial charge is 0.241 e. The molecule has 1 aromatic rings. The summed E-state index contributed by atoms with van der Waals surface area (Å²) in [6.07, 6.45) is 0. The topological polar surface area (TPSA) is 52.7 Å². The van der Waals surface area contributed by atoms with Gasteiger partial charge in [-0.3, -0.25) is 14.5 Å². The standard InChI is InChI=1S/C17H27N3O2/c1-11-8-12(2)16(13(3)9-11)18-17(22)14(4)20(7)10-15(21)19(5)6/h8-9,14H,10H2,1-7H3,(H,18,22). The van der Waals surface area contributed by atoms with Gasteiger partial charge in [0.2, 0.25) is 11.8 Å². The number of aryl methyl sites for hydroxylation is 3. The highest BCUT2D eigenvalue weighted by atomic mass is 16.2. The van der Waals surface area contributed by atoms with Crippen molar-refractivity contribution in [3.8, 4) is 0 Å². The maximum Gasteiger partial charge on any atom is 0.241 e. The fourth-order valence-electron chi connectivity index (χ4n) is 2.30. The Bertz CT molecular complexity index is 544. The van der Waals surface area contributed by atoms with Crippen LogP contribution >= 0.6 is 0 Å². The summed E-state index contributed by atoms with van der Waals surface area (Å²) >= 11 is 0. The molecule has 2 amide bonds. The summed E-state index contributed by atoms with van der Waals surface area (Å²) in [5, 5.41) is 2.98. The van der Waals surface area contributed by atoms with Gasteiger partial charge in [-0.1, -0.05) is 17.7 Å². The van der Waals surface area contributed by atoms with Gasteiger partial charge in [0.25, 0.3) is 0 Å². The van der Waals surface area contributed by atoms with E-state index >= 15 is 0 Å². The van der Waals surface area contributed by atoms with Crippen LogP contribution in [0.15, 0.2) is 12.1 Å². The Morgan fingerprint density at radius 2 is 1.59 bits per heavy atom. The predicted molar refractivity (Wildman–Crippen MR) is 90.1 cm³/mol. The Kier molecular flexibility index (Phi) is 6.11. The Morgan fingerprint density at radius 3 is 2.05 bits per heavy atom. The van der Waals surface area contributed by atoms with E-state index in [1.54, 1.807) is 33.0 Å². The average molecular weight is 305 g/mol. The van der Waals surface area contributed by atoms with Crippen molar-refractivity contribution < 1.29 is 9.59 Å². The molecule has 0 aliphatic heterocycles. The molecule has 5 nitrogen and oxygen atoms in total. The van der Waals surface area contributed by atoms with Gasteiger partial charge in [0.1, 0.15) is 0 Å². The van der Waals surface area contributed by atoms with Crippen LogP contribution in [0.3, 0.4) is 0 Å². The van der Waals surface area contributed by atoms with E-state index in [1.807, 2.05) is 32.9 Å². The zero-order chi connectivity index (χ0) is 17.0. The monoisotopic (exact) mass is 305 g/mol. The largest absolute Gasteiger partial charge is 0.348 e. The number of nitrogens with one attached hydrogen (secondary N) is 1. The number of anilines is 1. The highest BCUT2D eigenvalue weighted by Gasteiger charge is 2.21. The summed E-state index contributed by atoms with van der Waals surface area (Å²) < 4.78 is 0. The first kappa shape index (κ1) is 18.2. The number of carbonyl (C=O) groups is 2. The van der Waals surface area contributed by atoms with Crippen LogP contribution in [0.2, 0.25) is 0 Å². The van der Waals surface area contributed by atoms with Crippen LogP contribution in [-0.4, -0.2) is 55.3 Å². The van der Waals surface area contributed by atoms with Crippen LogP contribution in [-0.2, 0) is 9.59 Å². The SMILES string of the molecule is Cc1cc(C)c(NC(=O)C(C)N(C)CC(=O)N(C)C)c(C)c1. The van der Waals surface area contributed by atoms with Gasteiger partial charge in [-0.05, 0) is 45.9 Å². The van der Waals surface area contributed by atoms with Gasteiger partial charge in [0.05, 0.1) is 12.6 Å². The molecule has 1 aromatic carbocycles. The van der Waals surface area contributed by atoms with Gasteiger partial charge in [-0.25, -0.2) is 0 Å². The number of nitrogens with zero attached hydrogens (tertiary/aromatic N) is 2. The van der Waals surface area contributed by atoms with Gasteiger partial charge >= 0.3 is 0 Å². The molecule has 0 radical (unpaired) electrons. The van der Waals surface area contributed by atoms with Crippen molar-refractivity contribution in [2.45, 2.75) is 33.7 Å². The number of hydrogen-bond donors (Lipinski definition) is 1. The van der Waals surface area contributed by atoms with E-state index in [2.05, 4.69) is 5.32 Å². The average Bonchev–Trinajstić information content (AvgIpc) is 2.41. The molecule has 122 valence electrons. The Balaban J connectivity index is 2.78. The van der Waals surface area contributed by atoms with Crippen molar-refractivity contribution in [3.63, 3.8) is 0 Å². The molecule has 0 aliphatic rings. The molecule has 0 fully saturated rings. The summed E-state index contributed by atoms with van der Waals surface area (Å²) in [6.45, 7) is 8.03. The molecule has 0 saturated heterocycles. The molecule has 5 heteroatoms. The first-order valence-corrected chi connectivity index (χ1v) is 7.42. The molecule has 1 rings (SSSR count). The van der Waals surface area contributed by atoms with Gasteiger partial charge in [0.15, 0.2) is 0 Å². The molecule has 1 N–H and O–H groups in total. The van der Waals surface area contributed by atoms with Crippen molar-refractivity contribution in [1.29, 1.82) is 0 Å². The van der Waals surface area contributed by atoms with Crippen molar-refractivity contribution in [1.82, 2.24) is 9.80 Å². The second-order valence-corrected chi connectivity index (χ2v) is 6.14. The first-order valence-electron chi connectivity index (χ1n) is 7.42. The van der Waals surface area contributed by atoms with Crippen molar-refractivity contribution in [2.75, 3.05) is 33.0 Å². The summed E-state index contributed by atoms with van der Waals surface area (Å²) in [5.74, 6) is -0.131. The fraction of sp³-hybridized carbons (Fsp3) is 0.529. The van der Waals surface area contributed by atoms with Gasteiger partial charge < -0.3 is 10.2 Å². The third-order valence-corrected chi connectivity index (χ3v) is 3.85. The summed E-state index contributed by atoms with van der Waals surface area (Å²) in [6, 6.07) is 3.71. The molecular formula is C17H27N3O2. The highest BCUT2D eigenvalue weighted by molar-refractivity contribution is 5.96. The molecule has 0 spiro atoms. The lowest BCUT2D eigenvalue weighted by Crippen LogP contribution is -2.44. The van der Waals surface area contributed by atoms with E-state index in [-0.39, 0.29) is 24.4 Å². The maximum absolute atomic E-state index is 12.4. The van der Waals surface area contributed by atoms with Crippen LogP contribution < -0.4 is 5.32 Å². The van der Waals surface area contributed by atoms with Crippen LogP contribution in [0.4, 0.5) is 5.69 Å². The fourth-order valence-corrected chi connectivity index (χ4v) is 2.30. The minimum absolute atomic E-state index is 0.0233. The number of likely N-dealkylation sites (N-methyl/N-ethyl adjacent to an activating group) is 2. The lowest BCUT2D eigenvalue weighted by Gasteiger charge is -2.25. The van der Waals surface area contributed by atoms with Crippen molar-refractivity contribution >= 4 is 17.5 Å². The molecule has 0 heterocycles. The van der Waals surface area contributed by atoms with E-state index in [1.165, 1.54) is 10.5 Å². The van der Waals surface area contributed by atoms with E-state index in [0.717, 1.165) is 16.8 Å². The van der Waals surface area contributed by atoms with E-state index in [4.69, 9.17) is 0 Å². The first-order chi connectivity index (χ1) is 10.1. The summed E-state index contributed by atoms with van der Waals surface area (Å²) in [7, 11) is 5.19. The lowest BCUT2D eigenvalue weighted by atomic mass is 10.0. The van der Waals surface area contributed by atoms with E-state index in [9.17, 15) is 9.59 Å². The van der Waals surface area contributed by atoms with Crippen molar-refractivity contribution in [3.05, 3.63) is 28.8 Å². The van der Waals surface area contributed by atoms with Gasteiger partial charge in [-0.15, -0.1) is 0 Å². The second kappa shape index (κ2) is 7.40. The number of rotatable bonds is 5.